The van der Waals surface area contributed by atoms with Gasteiger partial charge in [-0.25, -0.2) is 0 Å². The van der Waals surface area contributed by atoms with Crippen molar-refractivity contribution in [3.63, 3.8) is 0 Å². The van der Waals surface area contributed by atoms with Crippen LogP contribution < -0.4 is 11.1 Å². The first-order valence-corrected chi connectivity index (χ1v) is 5.74. The first kappa shape index (κ1) is 12.8. The summed E-state index contributed by atoms with van der Waals surface area (Å²) in [4.78, 5) is 11.7. The summed E-state index contributed by atoms with van der Waals surface area (Å²) in [7, 11) is 0. The van der Waals surface area contributed by atoms with Crippen LogP contribution in [0.15, 0.2) is 5.16 Å². The van der Waals surface area contributed by atoms with Gasteiger partial charge in [0.25, 0.3) is 0 Å². The Kier molecular flexibility index (Phi) is 4.15. The number of hydrogen-bond acceptors (Lipinski definition) is 3. The number of carbonyl (C=O) groups excluding carboxylic acids is 1. The third-order valence-electron chi connectivity index (χ3n) is 3.09. The van der Waals surface area contributed by atoms with Crippen molar-refractivity contribution in [1.29, 1.82) is 0 Å². The molecule has 0 aromatic carbocycles. The van der Waals surface area contributed by atoms with Crippen LogP contribution in [-0.2, 0) is 4.79 Å². The number of nitrogens with one attached hydrogen (secondary N) is 1. The number of hydrogen-bond donors (Lipinski definition) is 3. The Morgan fingerprint density at radius 1 is 1.56 bits per heavy atom. The Morgan fingerprint density at radius 2 is 2.19 bits per heavy atom. The summed E-state index contributed by atoms with van der Waals surface area (Å²) < 4.78 is 0. The Hall–Kier alpha value is -1.26. The molecule has 1 aliphatic rings. The minimum absolute atomic E-state index is 0.0628. The van der Waals surface area contributed by atoms with E-state index in [4.69, 9.17) is 10.9 Å². The Balaban J connectivity index is 2.26. The van der Waals surface area contributed by atoms with Gasteiger partial charge in [0.05, 0.1) is 0 Å². The SMILES string of the molecule is CC(C)(C(=O)NCCCC1CC1)C(N)=NO. The molecule has 5 nitrogen and oxygen atoms in total. The van der Waals surface area contributed by atoms with Gasteiger partial charge in [-0.05, 0) is 32.6 Å². The van der Waals surface area contributed by atoms with Gasteiger partial charge in [0.2, 0.25) is 5.91 Å². The lowest BCUT2D eigenvalue weighted by atomic mass is 9.91. The molecule has 92 valence electrons. The summed E-state index contributed by atoms with van der Waals surface area (Å²) >= 11 is 0. The van der Waals surface area contributed by atoms with E-state index in [1.54, 1.807) is 13.8 Å². The predicted molar refractivity (Wildman–Crippen MR) is 62.2 cm³/mol. The number of carbonyl (C=O) groups is 1. The summed E-state index contributed by atoms with van der Waals surface area (Å²) in [6.07, 6.45) is 4.86. The summed E-state index contributed by atoms with van der Waals surface area (Å²) in [5.74, 6) is 0.625. The lowest BCUT2D eigenvalue weighted by Crippen LogP contribution is -2.46. The average molecular weight is 227 g/mol. The molecule has 16 heavy (non-hydrogen) atoms. The van der Waals surface area contributed by atoms with E-state index < -0.39 is 5.41 Å². The molecule has 1 amide bonds. The minimum Gasteiger partial charge on any atom is -0.409 e. The van der Waals surface area contributed by atoms with E-state index in [1.807, 2.05) is 0 Å². The van der Waals surface area contributed by atoms with Crippen LogP contribution in [-0.4, -0.2) is 23.5 Å². The summed E-state index contributed by atoms with van der Waals surface area (Å²) in [6.45, 7) is 3.94. The predicted octanol–water partition coefficient (Wildman–Crippen LogP) is 1.07. The number of nitrogens with zero attached hydrogens (tertiary/aromatic N) is 1. The first-order valence-electron chi connectivity index (χ1n) is 5.74. The number of oxime groups is 1. The molecule has 0 spiro atoms. The van der Waals surface area contributed by atoms with Gasteiger partial charge in [-0.3, -0.25) is 4.79 Å². The van der Waals surface area contributed by atoms with Crippen LogP contribution in [0.2, 0.25) is 0 Å². The van der Waals surface area contributed by atoms with E-state index in [0.29, 0.717) is 6.54 Å². The topological polar surface area (TPSA) is 87.7 Å². The standard InChI is InChI=1S/C11H21N3O2/c1-11(2,9(12)14-16)10(15)13-7-3-4-8-5-6-8/h8,16H,3-7H2,1-2H3,(H2,12,14)(H,13,15). The van der Waals surface area contributed by atoms with Gasteiger partial charge in [0.1, 0.15) is 5.41 Å². The fourth-order valence-corrected chi connectivity index (χ4v) is 1.46. The molecule has 0 unspecified atom stereocenters. The highest BCUT2D eigenvalue weighted by atomic mass is 16.4. The van der Waals surface area contributed by atoms with Crippen LogP contribution in [0.1, 0.15) is 39.5 Å². The molecule has 0 radical (unpaired) electrons. The van der Waals surface area contributed by atoms with Crippen LogP contribution in [0.4, 0.5) is 0 Å². The van der Waals surface area contributed by atoms with Crippen molar-refractivity contribution in [2.45, 2.75) is 39.5 Å². The second kappa shape index (κ2) is 5.18. The van der Waals surface area contributed by atoms with E-state index in [1.165, 1.54) is 19.3 Å². The molecule has 1 saturated carbocycles. The highest BCUT2D eigenvalue weighted by Crippen LogP contribution is 2.33. The Morgan fingerprint density at radius 3 is 2.69 bits per heavy atom. The maximum absolute atomic E-state index is 11.7. The highest BCUT2D eigenvalue weighted by Gasteiger charge is 2.32. The van der Waals surface area contributed by atoms with Gasteiger partial charge >= 0.3 is 0 Å². The largest absolute Gasteiger partial charge is 0.409 e. The van der Waals surface area contributed by atoms with Crippen molar-refractivity contribution < 1.29 is 10.0 Å². The Bertz CT molecular complexity index is 283. The van der Waals surface area contributed by atoms with Crippen LogP contribution in [0.25, 0.3) is 0 Å². The van der Waals surface area contributed by atoms with Gasteiger partial charge in [-0.2, -0.15) is 0 Å². The third-order valence-corrected chi connectivity index (χ3v) is 3.09. The van der Waals surface area contributed by atoms with Crippen molar-refractivity contribution in [3.05, 3.63) is 0 Å². The molecule has 1 rings (SSSR count). The fraction of sp³-hybridized carbons (Fsp3) is 0.818. The first-order chi connectivity index (χ1) is 7.48. The van der Waals surface area contributed by atoms with Gasteiger partial charge in [0, 0.05) is 6.54 Å². The van der Waals surface area contributed by atoms with E-state index in [0.717, 1.165) is 12.3 Å². The summed E-state index contributed by atoms with van der Waals surface area (Å²) in [5, 5.41) is 14.2. The lowest BCUT2D eigenvalue weighted by Gasteiger charge is -2.21. The molecule has 0 heterocycles. The molecule has 5 heteroatoms. The number of amides is 1. The maximum Gasteiger partial charge on any atom is 0.233 e. The van der Waals surface area contributed by atoms with Crippen LogP contribution in [0.5, 0.6) is 0 Å². The molecule has 1 fully saturated rings. The van der Waals surface area contributed by atoms with Crippen LogP contribution >= 0.6 is 0 Å². The summed E-state index contributed by atoms with van der Waals surface area (Å²) in [5.41, 5.74) is 4.50. The van der Waals surface area contributed by atoms with Crippen molar-refractivity contribution in [1.82, 2.24) is 5.32 Å². The highest BCUT2D eigenvalue weighted by molar-refractivity contribution is 6.05. The smallest absolute Gasteiger partial charge is 0.233 e. The molecule has 0 saturated heterocycles. The minimum atomic E-state index is -0.950. The molecule has 0 bridgehead atoms. The average Bonchev–Trinajstić information content (AvgIpc) is 3.06. The molecular weight excluding hydrogens is 206 g/mol. The van der Waals surface area contributed by atoms with Crippen molar-refractivity contribution >= 4 is 11.7 Å². The van der Waals surface area contributed by atoms with Gasteiger partial charge < -0.3 is 16.3 Å². The number of rotatable bonds is 6. The molecule has 0 aromatic heterocycles. The Labute approximate surface area is 96.1 Å². The number of nitrogens with two attached hydrogens (primary N) is 1. The van der Waals surface area contributed by atoms with Crippen molar-refractivity contribution in [2.75, 3.05) is 6.54 Å². The van der Waals surface area contributed by atoms with Crippen LogP contribution in [0, 0.1) is 11.3 Å². The maximum atomic E-state index is 11.7. The zero-order chi connectivity index (χ0) is 12.2. The molecule has 4 N–H and O–H groups in total. The normalized spacial score (nSPS) is 17.2. The molecular formula is C11H21N3O2. The fourth-order valence-electron chi connectivity index (χ4n) is 1.46. The van der Waals surface area contributed by atoms with E-state index in [9.17, 15) is 4.79 Å². The lowest BCUT2D eigenvalue weighted by molar-refractivity contribution is -0.126. The number of amidine groups is 1. The van der Waals surface area contributed by atoms with Crippen LogP contribution in [0.3, 0.4) is 0 Å². The zero-order valence-electron chi connectivity index (χ0n) is 9.99. The van der Waals surface area contributed by atoms with E-state index >= 15 is 0 Å². The molecule has 1 aliphatic carbocycles. The monoisotopic (exact) mass is 227 g/mol. The second-order valence-electron chi connectivity index (χ2n) is 4.95. The van der Waals surface area contributed by atoms with Crippen molar-refractivity contribution in [3.8, 4) is 0 Å². The van der Waals surface area contributed by atoms with Crippen molar-refractivity contribution in [2.24, 2.45) is 22.2 Å². The second-order valence-corrected chi connectivity index (χ2v) is 4.95. The van der Waals surface area contributed by atoms with Gasteiger partial charge in [0.15, 0.2) is 5.84 Å². The quantitative estimate of drug-likeness (QED) is 0.208. The molecule has 0 aliphatic heterocycles. The van der Waals surface area contributed by atoms with Gasteiger partial charge in [-0.15, -0.1) is 0 Å². The summed E-state index contributed by atoms with van der Waals surface area (Å²) in [6, 6.07) is 0. The van der Waals surface area contributed by atoms with E-state index in [-0.39, 0.29) is 11.7 Å². The zero-order valence-corrected chi connectivity index (χ0v) is 9.99. The molecule has 0 atom stereocenters. The van der Waals surface area contributed by atoms with Gasteiger partial charge in [-0.1, -0.05) is 18.0 Å². The third kappa shape index (κ3) is 3.40. The van der Waals surface area contributed by atoms with E-state index in [2.05, 4.69) is 10.5 Å². The molecule has 0 aromatic rings.